The van der Waals surface area contributed by atoms with Crippen LogP contribution in [-0.4, -0.2) is 0 Å². The molecule has 3 aliphatic rings. The van der Waals surface area contributed by atoms with Gasteiger partial charge in [0.1, 0.15) is 0 Å². The quantitative estimate of drug-likeness (QED) is 0.513. The summed E-state index contributed by atoms with van der Waals surface area (Å²) >= 11 is 0. The Hall–Kier alpha value is -0.260. The maximum atomic E-state index is 2.56. The summed E-state index contributed by atoms with van der Waals surface area (Å²) in [5.41, 5.74) is 2.93. The fraction of sp³-hybridized carbons (Fsp3) is 0.867. The molecule has 4 atom stereocenters. The molecule has 0 nitrogen and oxygen atoms in total. The van der Waals surface area contributed by atoms with Gasteiger partial charge in [0, 0.05) is 0 Å². The summed E-state index contributed by atoms with van der Waals surface area (Å²) in [4.78, 5) is 0. The van der Waals surface area contributed by atoms with Crippen molar-refractivity contribution in [3.8, 4) is 0 Å². The van der Waals surface area contributed by atoms with Crippen molar-refractivity contribution in [2.75, 3.05) is 0 Å². The molecule has 0 aromatic heterocycles. The van der Waals surface area contributed by atoms with Crippen molar-refractivity contribution in [1.82, 2.24) is 0 Å². The van der Waals surface area contributed by atoms with Crippen LogP contribution in [-0.2, 0) is 0 Å². The van der Waals surface area contributed by atoms with Crippen LogP contribution in [0.4, 0.5) is 0 Å². The molecule has 2 saturated carbocycles. The molecule has 0 aliphatic heterocycles. The maximum absolute atomic E-state index is 2.56. The third-order valence-electron chi connectivity index (χ3n) is 6.50. The van der Waals surface area contributed by atoms with Crippen molar-refractivity contribution >= 4 is 0 Å². The van der Waals surface area contributed by atoms with Crippen molar-refractivity contribution < 1.29 is 0 Å². The molecular formula is C15H24. The van der Waals surface area contributed by atoms with Gasteiger partial charge in [0.2, 0.25) is 0 Å². The fourth-order valence-electron chi connectivity index (χ4n) is 5.46. The second-order valence-electron chi connectivity index (χ2n) is 6.88. The molecule has 84 valence electrons. The molecule has 1 spiro atoms. The van der Waals surface area contributed by atoms with Crippen molar-refractivity contribution in [2.45, 2.75) is 53.4 Å². The summed E-state index contributed by atoms with van der Waals surface area (Å²) in [5, 5.41) is 0. The second-order valence-corrected chi connectivity index (χ2v) is 6.88. The third-order valence-corrected chi connectivity index (χ3v) is 6.50. The third kappa shape index (κ3) is 0.905. The Bertz CT molecular complexity index is 323. The van der Waals surface area contributed by atoms with Gasteiger partial charge in [-0.15, -0.1) is 0 Å². The number of hydrogen-bond donors (Lipinski definition) is 0. The average molecular weight is 204 g/mol. The van der Waals surface area contributed by atoms with E-state index in [-0.39, 0.29) is 0 Å². The topological polar surface area (TPSA) is 0 Å². The van der Waals surface area contributed by atoms with Gasteiger partial charge in [-0.1, -0.05) is 32.4 Å². The minimum Gasteiger partial charge on any atom is -0.0847 e. The molecule has 0 N–H and O–H groups in total. The fourth-order valence-corrected chi connectivity index (χ4v) is 5.46. The summed E-state index contributed by atoms with van der Waals surface area (Å²) in [6, 6.07) is 0. The normalized spacial score (nSPS) is 51.5. The van der Waals surface area contributed by atoms with E-state index in [2.05, 4.69) is 33.8 Å². The van der Waals surface area contributed by atoms with Crippen molar-refractivity contribution in [2.24, 2.45) is 28.6 Å². The second kappa shape index (κ2) is 2.70. The van der Waals surface area contributed by atoms with Gasteiger partial charge in [-0.2, -0.15) is 0 Å². The van der Waals surface area contributed by atoms with E-state index < -0.39 is 0 Å². The number of rotatable bonds is 0. The molecule has 4 unspecified atom stereocenters. The van der Waals surface area contributed by atoms with Crippen LogP contribution in [0.25, 0.3) is 0 Å². The highest BCUT2D eigenvalue weighted by Gasteiger charge is 2.65. The number of fused-ring (bicyclic) bond motifs is 1. The molecule has 0 heterocycles. The van der Waals surface area contributed by atoms with Gasteiger partial charge >= 0.3 is 0 Å². The van der Waals surface area contributed by atoms with E-state index in [1.807, 2.05) is 0 Å². The van der Waals surface area contributed by atoms with Gasteiger partial charge in [0.05, 0.1) is 0 Å². The van der Waals surface area contributed by atoms with E-state index in [9.17, 15) is 0 Å². The Kier molecular flexibility index (Phi) is 1.79. The molecule has 3 aliphatic carbocycles. The van der Waals surface area contributed by atoms with Gasteiger partial charge in [0.25, 0.3) is 0 Å². The number of allylic oxidation sites excluding steroid dienone is 2. The Morgan fingerprint density at radius 2 is 2.00 bits per heavy atom. The zero-order chi connectivity index (χ0) is 10.8. The Morgan fingerprint density at radius 3 is 2.73 bits per heavy atom. The van der Waals surface area contributed by atoms with Crippen LogP contribution in [0, 0.1) is 28.6 Å². The first kappa shape index (κ1) is 9.93. The Morgan fingerprint density at radius 1 is 1.27 bits per heavy atom. The first-order chi connectivity index (χ1) is 7.00. The molecule has 0 aromatic carbocycles. The molecule has 0 aromatic rings. The van der Waals surface area contributed by atoms with Crippen LogP contribution in [0.1, 0.15) is 53.4 Å². The van der Waals surface area contributed by atoms with Gasteiger partial charge in [0.15, 0.2) is 0 Å². The predicted octanol–water partition coefficient (Wildman–Crippen LogP) is 4.42. The largest absolute Gasteiger partial charge is 0.0847 e. The molecule has 0 saturated heterocycles. The molecule has 15 heavy (non-hydrogen) atoms. The first-order valence-corrected chi connectivity index (χ1v) is 6.67. The zero-order valence-corrected chi connectivity index (χ0v) is 10.6. The van der Waals surface area contributed by atoms with Gasteiger partial charge in [-0.3, -0.25) is 0 Å². The Labute approximate surface area is 94.1 Å². The molecule has 0 heteroatoms. The van der Waals surface area contributed by atoms with E-state index in [1.165, 1.54) is 25.7 Å². The highest BCUT2D eigenvalue weighted by molar-refractivity contribution is 5.28. The lowest BCUT2D eigenvalue weighted by Crippen LogP contribution is -2.46. The van der Waals surface area contributed by atoms with E-state index in [0.717, 1.165) is 17.8 Å². The van der Waals surface area contributed by atoms with Crippen molar-refractivity contribution in [3.63, 3.8) is 0 Å². The SMILES string of the molecule is CC1=CCC23C(C)CCC(CC12)C3(C)C. The standard InChI is InChI=1S/C15H24/c1-10-7-8-15-11(2)5-6-12(9-13(10)15)14(15,3)4/h7,11-13H,5-6,8-9H2,1-4H3. The van der Waals surface area contributed by atoms with E-state index in [1.54, 1.807) is 5.57 Å². The van der Waals surface area contributed by atoms with Gasteiger partial charge < -0.3 is 0 Å². The van der Waals surface area contributed by atoms with Crippen LogP contribution in [0.15, 0.2) is 11.6 Å². The smallest absolute Gasteiger partial charge is 0.0118 e. The van der Waals surface area contributed by atoms with E-state index in [4.69, 9.17) is 0 Å². The van der Waals surface area contributed by atoms with Gasteiger partial charge in [-0.25, -0.2) is 0 Å². The Balaban J connectivity index is 2.12. The minimum absolute atomic E-state index is 0.587. The summed E-state index contributed by atoms with van der Waals surface area (Å²) in [6.45, 7) is 10.0. The average Bonchev–Trinajstić information content (AvgIpc) is 2.53. The van der Waals surface area contributed by atoms with Crippen molar-refractivity contribution in [3.05, 3.63) is 11.6 Å². The molecule has 0 radical (unpaired) electrons. The van der Waals surface area contributed by atoms with Crippen LogP contribution >= 0.6 is 0 Å². The van der Waals surface area contributed by atoms with Crippen LogP contribution in [0.3, 0.4) is 0 Å². The summed E-state index contributed by atoms with van der Waals surface area (Å²) < 4.78 is 0. The lowest BCUT2D eigenvalue weighted by Gasteiger charge is -2.52. The highest BCUT2D eigenvalue weighted by Crippen LogP contribution is 2.72. The summed E-state index contributed by atoms with van der Waals surface area (Å²) in [6.07, 6.45) is 8.36. The van der Waals surface area contributed by atoms with E-state index in [0.29, 0.717) is 10.8 Å². The lowest BCUT2D eigenvalue weighted by molar-refractivity contribution is -0.0341. The van der Waals surface area contributed by atoms with Crippen LogP contribution < -0.4 is 0 Å². The zero-order valence-electron chi connectivity index (χ0n) is 10.6. The monoisotopic (exact) mass is 204 g/mol. The molecule has 2 bridgehead atoms. The molecule has 0 amide bonds. The molecular weight excluding hydrogens is 180 g/mol. The molecule has 3 rings (SSSR count). The highest BCUT2D eigenvalue weighted by atomic mass is 14.7. The van der Waals surface area contributed by atoms with Gasteiger partial charge in [-0.05, 0) is 61.2 Å². The van der Waals surface area contributed by atoms with Crippen LogP contribution in [0.2, 0.25) is 0 Å². The lowest BCUT2D eigenvalue weighted by atomic mass is 9.52. The summed E-state index contributed by atoms with van der Waals surface area (Å²) in [7, 11) is 0. The van der Waals surface area contributed by atoms with Crippen LogP contribution in [0.5, 0.6) is 0 Å². The summed E-state index contributed by atoms with van der Waals surface area (Å²) in [5.74, 6) is 2.86. The van der Waals surface area contributed by atoms with E-state index >= 15 is 0 Å². The molecule has 2 fully saturated rings. The minimum atomic E-state index is 0.587. The predicted molar refractivity (Wildman–Crippen MR) is 64.6 cm³/mol. The first-order valence-electron chi connectivity index (χ1n) is 6.67. The maximum Gasteiger partial charge on any atom is -0.0118 e. The number of hydrogen-bond acceptors (Lipinski definition) is 0. The van der Waals surface area contributed by atoms with Crippen molar-refractivity contribution in [1.29, 1.82) is 0 Å².